The highest BCUT2D eigenvalue weighted by molar-refractivity contribution is 8.27. The minimum absolute atomic E-state index is 0.145. The summed E-state index contributed by atoms with van der Waals surface area (Å²) in [5.74, 6) is -1.30. The molecule has 0 spiro atoms. The third-order valence-corrected chi connectivity index (χ3v) is 5.21. The number of carboxylic acid groups (broad SMARTS) is 1. The van der Waals surface area contributed by atoms with Crippen molar-refractivity contribution in [1.82, 2.24) is 9.97 Å². The molecule has 1 aliphatic rings. The topological polar surface area (TPSA) is 83.4 Å². The summed E-state index contributed by atoms with van der Waals surface area (Å²) in [6.45, 7) is 0. The number of fused-ring (bicyclic) bond motifs is 1. The van der Waals surface area contributed by atoms with Crippen LogP contribution in [0.25, 0.3) is 17.1 Å². The molecule has 1 fully saturated rings. The number of thiocarbonyl (C=S) groups is 1. The van der Waals surface area contributed by atoms with Crippen LogP contribution >= 0.6 is 24.0 Å². The van der Waals surface area contributed by atoms with Gasteiger partial charge in [-0.3, -0.25) is 14.7 Å². The minimum Gasteiger partial charge on any atom is -0.478 e. The van der Waals surface area contributed by atoms with Crippen molar-refractivity contribution in [2.24, 2.45) is 0 Å². The molecule has 1 N–H and O–H groups in total. The van der Waals surface area contributed by atoms with Crippen molar-refractivity contribution >= 4 is 63.0 Å². The first-order valence-corrected chi connectivity index (χ1v) is 9.08. The molecular formula is C19H11N3O3S2. The van der Waals surface area contributed by atoms with E-state index >= 15 is 0 Å². The highest BCUT2D eigenvalue weighted by atomic mass is 32.2. The van der Waals surface area contributed by atoms with Crippen LogP contribution in [0.1, 0.15) is 16.1 Å². The van der Waals surface area contributed by atoms with Crippen molar-refractivity contribution in [3.8, 4) is 0 Å². The quantitative estimate of drug-likeness (QED) is 0.536. The standard InChI is InChI=1S/C19H11N3O3S2/c23-17-16(9-12-10-20-14-3-1-2-4-15(14)21-12)27-19(26)22(17)13-7-5-11(6-8-13)18(24)25/h1-10H,(H,24,25)/b16-9-. The zero-order valence-electron chi connectivity index (χ0n) is 13.7. The second-order valence-electron chi connectivity index (χ2n) is 5.65. The molecule has 0 unspecified atom stereocenters. The highest BCUT2D eigenvalue weighted by Crippen LogP contribution is 2.35. The number of carboxylic acids is 1. The Kier molecular flexibility index (Phi) is 4.43. The van der Waals surface area contributed by atoms with Crippen molar-refractivity contribution < 1.29 is 14.7 Å². The monoisotopic (exact) mass is 393 g/mol. The van der Waals surface area contributed by atoms with Crippen LogP contribution in [0.3, 0.4) is 0 Å². The summed E-state index contributed by atoms with van der Waals surface area (Å²) in [4.78, 5) is 34.4. The van der Waals surface area contributed by atoms with Gasteiger partial charge >= 0.3 is 5.97 Å². The first-order chi connectivity index (χ1) is 13.0. The molecule has 0 radical (unpaired) electrons. The Morgan fingerprint density at radius 3 is 2.52 bits per heavy atom. The van der Waals surface area contributed by atoms with Gasteiger partial charge in [0.1, 0.15) is 0 Å². The Hall–Kier alpha value is -3.10. The van der Waals surface area contributed by atoms with Crippen LogP contribution in [0.5, 0.6) is 0 Å². The lowest BCUT2D eigenvalue weighted by Crippen LogP contribution is -2.27. The molecule has 1 aromatic heterocycles. The summed E-state index contributed by atoms with van der Waals surface area (Å²) in [7, 11) is 0. The Balaban J connectivity index is 1.65. The first-order valence-electron chi connectivity index (χ1n) is 7.86. The molecule has 3 aromatic rings. The number of amides is 1. The maximum Gasteiger partial charge on any atom is 0.335 e. The lowest BCUT2D eigenvalue weighted by atomic mass is 10.2. The maximum absolute atomic E-state index is 12.8. The largest absolute Gasteiger partial charge is 0.478 e. The number of aromatic nitrogens is 2. The van der Waals surface area contributed by atoms with Gasteiger partial charge in [-0.05, 0) is 42.5 Å². The van der Waals surface area contributed by atoms with Gasteiger partial charge in [0.2, 0.25) is 0 Å². The molecule has 27 heavy (non-hydrogen) atoms. The van der Waals surface area contributed by atoms with Gasteiger partial charge in [0.25, 0.3) is 5.91 Å². The predicted octanol–water partition coefficient (Wildman–Crippen LogP) is 3.73. The van der Waals surface area contributed by atoms with Crippen LogP contribution in [-0.4, -0.2) is 31.3 Å². The van der Waals surface area contributed by atoms with Gasteiger partial charge in [-0.15, -0.1) is 0 Å². The van der Waals surface area contributed by atoms with Gasteiger partial charge in [-0.1, -0.05) is 36.1 Å². The van der Waals surface area contributed by atoms with Crippen LogP contribution in [0.4, 0.5) is 5.69 Å². The van der Waals surface area contributed by atoms with Gasteiger partial charge in [-0.2, -0.15) is 0 Å². The summed E-state index contributed by atoms with van der Waals surface area (Å²) in [6.07, 6.45) is 3.26. The zero-order chi connectivity index (χ0) is 19.0. The van der Waals surface area contributed by atoms with Crippen molar-refractivity contribution in [2.45, 2.75) is 0 Å². The average molecular weight is 393 g/mol. The van der Waals surface area contributed by atoms with E-state index in [9.17, 15) is 9.59 Å². The molecular weight excluding hydrogens is 382 g/mol. The van der Waals surface area contributed by atoms with Crippen LogP contribution in [-0.2, 0) is 4.79 Å². The molecule has 4 rings (SSSR count). The number of carbonyl (C=O) groups is 2. The normalized spacial score (nSPS) is 15.7. The lowest BCUT2D eigenvalue weighted by Gasteiger charge is -2.14. The molecule has 132 valence electrons. The number of rotatable bonds is 3. The summed E-state index contributed by atoms with van der Waals surface area (Å²) in [6, 6.07) is 13.5. The number of hydrogen-bond acceptors (Lipinski definition) is 6. The molecule has 2 aromatic carbocycles. The summed E-state index contributed by atoms with van der Waals surface area (Å²) in [5.41, 5.74) is 2.75. The van der Waals surface area contributed by atoms with E-state index in [4.69, 9.17) is 17.3 Å². The van der Waals surface area contributed by atoms with Crippen LogP contribution < -0.4 is 4.90 Å². The molecule has 0 atom stereocenters. The van der Waals surface area contributed by atoms with Crippen LogP contribution in [0.15, 0.2) is 59.6 Å². The van der Waals surface area contributed by atoms with E-state index in [1.807, 2.05) is 24.3 Å². The Morgan fingerprint density at radius 1 is 1.11 bits per heavy atom. The van der Waals surface area contributed by atoms with Gasteiger partial charge in [0, 0.05) is 0 Å². The van der Waals surface area contributed by atoms with Crippen molar-refractivity contribution in [2.75, 3.05) is 4.90 Å². The van der Waals surface area contributed by atoms with E-state index in [1.165, 1.54) is 28.8 Å². The number of aromatic carboxylic acids is 1. The number of anilines is 1. The molecule has 8 heteroatoms. The number of para-hydroxylation sites is 2. The fourth-order valence-corrected chi connectivity index (χ4v) is 3.90. The minimum atomic E-state index is -1.03. The summed E-state index contributed by atoms with van der Waals surface area (Å²) in [5, 5.41) is 8.99. The van der Waals surface area contributed by atoms with E-state index in [1.54, 1.807) is 24.4 Å². The SMILES string of the molecule is O=C(O)c1ccc(N2C(=O)/C(=C/c3cnc4ccccc4n3)SC2=S)cc1. The number of nitrogens with zero attached hydrogens (tertiary/aromatic N) is 3. The molecule has 1 aliphatic heterocycles. The fourth-order valence-electron chi connectivity index (χ4n) is 2.62. The van der Waals surface area contributed by atoms with Crippen LogP contribution in [0, 0.1) is 0 Å². The fraction of sp³-hybridized carbons (Fsp3) is 0. The summed E-state index contributed by atoms with van der Waals surface area (Å²) >= 11 is 6.50. The van der Waals surface area contributed by atoms with Gasteiger partial charge in [0.15, 0.2) is 4.32 Å². The third kappa shape index (κ3) is 3.32. The van der Waals surface area contributed by atoms with E-state index in [-0.39, 0.29) is 11.5 Å². The van der Waals surface area contributed by atoms with Gasteiger partial charge < -0.3 is 5.11 Å². The van der Waals surface area contributed by atoms with E-state index in [0.29, 0.717) is 20.6 Å². The number of benzene rings is 2. The second kappa shape index (κ2) is 6.90. The molecule has 0 saturated carbocycles. The molecule has 6 nitrogen and oxygen atoms in total. The molecule has 0 bridgehead atoms. The summed E-state index contributed by atoms with van der Waals surface area (Å²) < 4.78 is 0.378. The molecule has 1 saturated heterocycles. The van der Waals surface area contributed by atoms with Gasteiger partial charge in [0.05, 0.1) is 39.1 Å². The smallest absolute Gasteiger partial charge is 0.335 e. The molecule has 2 heterocycles. The van der Waals surface area contributed by atoms with Crippen molar-refractivity contribution in [3.05, 3.63) is 70.9 Å². The van der Waals surface area contributed by atoms with Crippen molar-refractivity contribution in [1.29, 1.82) is 0 Å². The number of hydrogen-bond donors (Lipinski definition) is 1. The lowest BCUT2D eigenvalue weighted by molar-refractivity contribution is -0.113. The van der Waals surface area contributed by atoms with Crippen LogP contribution in [0.2, 0.25) is 0 Å². The Labute approximate surface area is 163 Å². The van der Waals surface area contributed by atoms with E-state index < -0.39 is 5.97 Å². The van der Waals surface area contributed by atoms with E-state index in [2.05, 4.69) is 9.97 Å². The molecule has 1 amide bonds. The zero-order valence-corrected chi connectivity index (χ0v) is 15.3. The third-order valence-electron chi connectivity index (χ3n) is 3.91. The first kappa shape index (κ1) is 17.3. The number of thioether (sulfide) groups is 1. The maximum atomic E-state index is 12.8. The predicted molar refractivity (Wildman–Crippen MR) is 109 cm³/mol. The Bertz CT molecular complexity index is 1130. The second-order valence-corrected chi connectivity index (χ2v) is 7.33. The number of carbonyl (C=O) groups excluding carboxylic acids is 1. The molecule has 0 aliphatic carbocycles. The highest BCUT2D eigenvalue weighted by Gasteiger charge is 2.33. The van der Waals surface area contributed by atoms with Crippen molar-refractivity contribution in [3.63, 3.8) is 0 Å². The van der Waals surface area contributed by atoms with E-state index in [0.717, 1.165) is 11.0 Å². The average Bonchev–Trinajstić information content (AvgIpc) is 2.95. The Morgan fingerprint density at radius 2 is 1.81 bits per heavy atom. The van der Waals surface area contributed by atoms with Gasteiger partial charge in [-0.25, -0.2) is 9.78 Å².